The Hall–Kier alpha value is -1.36. The number of hydrogen-bond donors (Lipinski definition) is 1. The molecule has 1 aromatic rings. The zero-order valence-corrected chi connectivity index (χ0v) is 11.3. The van der Waals surface area contributed by atoms with Gasteiger partial charge in [0.25, 0.3) is 5.56 Å². The average Bonchev–Trinajstić information content (AvgIpc) is 3.10. The molecule has 0 atom stereocenters. The molecule has 1 aliphatic carbocycles. The quantitative estimate of drug-likeness (QED) is 0.836. The second-order valence-corrected chi connectivity index (χ2v) is 5.68. The number of hydrogen-bond acceptors (Lipinski definition) is 4. The third-order valence-corrected chi connectivity index (χ3v) is 3.99. The van der Waals surface area contributed by atoms with Gasteiger partial charge in [-0.2, -0.15) is 5.10 Å². The van der Waals surface area contributed by atoms with E-state index < -0.39 is 0 Å². The van der Waals surface area contributed by atoms with Gasteiger partial charge in [0.15, 0.2) is 0 Å². The minimum absolute atomic E-state index is 0.00000567. The van der Waals surface area contributed by atoms with Gasteiger partial charge in [-0.3, -0.25) is 4.79 Å². The molecular weight excluding hydrogens is 240 g/mol. The number of nitrogens with zero attached hydrogens (tertiary/aromatic N) is 3. The van der Waals surface area contributed by atoms with E-state index >= 15 is 0 Å². The van der Waals surface area contributed by atoms with Gasteiger partial charge < -0.3 is 10.2 Å². The molecule has 0 bridgehead atoms. The lowest BCUT2D eigenvalue weighted by atomic mass is 10.4. The van der Waals surface area contributed by atoms with Gasteiger partial charge in [-0.25, -0.2) is 4.68 Å². The van der Waals surface area contributed by atoms with E-state index in [0.717, 1.165) is 37.8 Å². The lowest BCUT2D eigenvalue weighted by Crippen LogP contribution is -2.30. The molecule has 2 aliphatic rings. The number of rotatable bonds is 6. The highest BCUT2D eigenvalue weighted by Gasteiger charge is 2.20. The minimum Gasteiger partial charge on any atom is -0.383 e. The van der Waals surface area contributed by atoms with E-state index in [1.807, 2.05) is 0 Å². The summed E-state index contributed by atoms with van der Waals surface area (Å²) in [7, 11) is 0. The van der Waals surface area contributed by atoms with Crippen molar-refractivity contribution in [1.29, 1.82) is 0 Å². The SMILES string of the molecule is O=c1cc(NCC2CC2)cnn1CCN1CCCC1. The molecule has 0 amide bonds. The Morgan fingerprint density at radius 2 is 2.05 bits per heavy atom. The fourth-order valence-electron chi connectivity index (χ4n) is 2.52. The zero-order chi connectivity index (χ0) is 13.1. The Bertz CT molecular complexity index is 475. The number of aromatic nitrogens is 2. The first-order chi connectivity index (χ1) is 9.31. The fourth-order valence-corrected chi connectivity index (χ4v) is 2.52. The second kappa shape index (κ2) is 5.74. The van der Waals surface area contributed by atoms with Crippen LogP contribution in [0.1, 0.15) is 25.7 Å². The van der Waals surface area contributed by atoms with E-state index in [-0.39, 0.29) is 5.56 Å². The van der Waals surface area contributed by atoms with Crippen LogP contribution in [0.15, 0.2) is 17.1 Å². The zero-order valence-electron chi connectivity index (χ0n) is 11.3. The van der Waals surface area contributed by atoms with Gasteiger partial charge in [-0.15, -0.1) is 0 Å². The first kappa shape index (κ1) is 12.7. The second-order valence-electron chi connectivity index (χ2n) is 5.68. The van der Waals surface area contributed by atoms with Crippen LogP contribution >= 0.6 is 0 Å². The summed E-state index contributed by atoms with van der Waals surface area (Å²) >= 11 is 0. The standard InChI is InChI=1S/C14H22N4O/c19-14-9-13(15-10-12-3-4-12)11-16-18(14)8-7-17-5-1-2-6-17/h9,11-12,15H,1-8,10H2. The molecule has 0 radical (unpaired) electrons. The molecule has 0 spiro atoms. The van der Waals surface area contributed by atoms with Crippen molar-refractivity contribution in [2.75, 3.05) is 31.5 Å². The predicted molar refractivity (Wildman–Crippen MR) is 75.4 cm³/mol. The van der Waals surface area contributed by atoms with E-state index in [1.54, 1.807) is 16.9 Å². The summed E-state index contributed by atoms with van der Waals surface area (Å²) in [5.74, 6) is 0.803. The van der Waals surface area contributed by atoms with E-state index in [2.05, 4.69) is 15.3 Å². The molecule has 19 heavy (non-hydrogen) atoms. The van der Waals surface area contributed by atoms with E-state index in [0.29, 0.717) is 6.54 Å². The summed E-state index contributed by atoms with van der Waals surface area (Å²) in [4.78, 5) is 14.3. The van der Waals surface area contributed by atoms with Gasteiger partial charge in [-0.1, -0.05) is 0 Å². The van der Waals surface area contributed by atoms with Crippen molar-refractivity contribution in [3.05, 3.63) is 22.6 Å². The van der Waals surface area contributed by atoms with Crippen molar-refractivity contribution in [3.8, 4) is 0 Å². The minimum atomic E-state index is -0.00000567. The predicted octanol–water partition coefficient (Wildman–Crippen LogP) is 1.16. The van der Waals surface area contributed by atoms with E-state index in [9.17, 15) is 4.79 Å². The largest absolute Gasteiger partial charge is 0.383 e. The van der Waals surface area contributed by atoms with Crippen molar-refractivity contribution in [3.63, 3.8) is 0 Å². The third kappa shape index (κ3) is 3.56. The summed E-state index contributed by atoms with van der Waals surface area (Å²) in [6.45, 7) is 4.92. The summed E-state index contributed by atoms with van der Waals surface area (Å²) in [5.41, 5.74) is 0.856. The Morgan fingerprint density at radius 1 is 1.26 bits per heavy atom. The van der Waals surface area contributed by atoms with E-state index in [1.165, 1.54) is 25.7 Å². The lowest BCUT2D eigenvalue weighted by molar-refractivity contribution is 0.312. The molecule has 104 valence electrons. The van der Waals surface area contributed by atoms with Crippen LogP contribution in [-0.2, 0) is 6.54 Å². The van der Waals surface area contributed by atoms with Crippen LogP contribution in [0, 0.1) is 5.92 Å². The van der Waals surface area contributed by atoms with Crippen molar-refractivity contribution in [2.45, 2.75) is 32.2 Å². The van der Waals surface area contributed by atoms with Gasteiger partial charge in [0.2, 0.25) is 0 Å². The Balaban J connectivity index is 1.53. The Morgan fingerprint density at radius 3 is 2.74 bits per heavy atom. The molecule has 0 aromatic carbocycles. The summed E-state index contributed by atoms with van der Waals surface area (Å²) in [6.07, 6.45) is 6.97. The summed E-state index contributed by atoms with van der Waals surface area (Å²) in [5, 5.41) is 7.54. The molecule has 1 N–H and O–H groups in total. The molecule has 2 fully saturated rings. The number of likely N-dealkylation sites (tertiary alicyclic amines) is 1. The molecule has 1 aromatic heterocycles. The lowest BCUT2D eigenvalue weighted by Gasteiger charge is -2.14. The van der Waals surface area contributed by atoms with Crippen LogP contribution in [0.2, 0.25) is 0 Å². The van der Waals surface area contributed by atoms with Crippen LogP contribution in [0.25, 0.3) is 0 Å². The van der Waals surface area contributed by atoms with Crippen molar-refractivity contribution >= 4 is 5.69 Å². The van der Waals surface area contributed by atoms with Crippen molar-refractivity contribution in [1.82, 2.24) is 14.7 Å². The molecule has 2 heterocycles. The van der Waals surface area contributed by atoms with Crippen LogP contribution in [0.3, 0.4) is 0 Å². The van der Waals surface area contributed by atoms with Gasteiger partial charge in [0.1, 0.15) is 0 Å². The molecular formula is C14H22N4O. The summed E-state index contributed by atoms with van der Waals surface area (Å²) in [6, 6.07) is 1.67. The van der Waals surface area contributed by atoms with Crippen molar-refractivity contribution in [2.24, 2.45) is 5.92 Å². The molecule has 5 heteroatoms. The first-order valence-corrected chi connectivity index (χ1v) is 7.35. The molecule has 1 aliphatic heterocycles. The highest BCUT2D eigenvalue weighted by molar-refractivity contribution is 5.38. The first-order valence-electron chi connectivity index (χ1n) is 7.35. The van der Waals surface area contributed by atoms with E-state index in [4.69, 9.17) is 0 Å². The number of nitrogens with one attached hydrogen (secondary N) is 1. The Kier molecular flexibility index (Phi) is 3.82. The Labute approximate surface area is 113 Å². The highest BCUT2D eigenvalue weighted by Crippen LogP contribution is 2.28. The maximum absolute atomic E-state index is 11.9. The molecule has 3 rings (SSSR count). The normalized spacial score (nSPS) is 19.8. The van der Waals surface area contributed by atoms with Gasteiger partial charge in [-0.05, 0) is 44.7 Å². The maximum atomic E-state index is 11.9. The molecule has 5 nitrogen and oxygen atoms in total. The average molecular weight is 262 g/mol. The van der Waals surface area contributed by atoms with Gasteiger partial charge in [0.05, 0.1) is 18.4 Å². The molecule has 1 saturated carbocycles. The third-order valence-electron chi connectivity index (χ3n) is 3.99. The van der Waals surface area contributed by atoms with Crippen LogP contribution < -0.4 is 10.9 Å². The molecule has 0 unspecified atom stereocenters. The maximum Gasteiger partial charge on any atom is 0.268 e. The number of anilines is 1. The van der Waals surface area contributed by atoms with Gasteiger partial charge >= 0.3 is 0 Å². The smallest absolute Gasteiger partial charge is 0.268 e. The highest BCUT2D eigenvalue weighted by atomic mass is 16.1. The fraction of sp³-hybridized carbons (Fsp3) is 0.714. The van der Waals surface area contributed by atoms with Crippen molar-refractivity contribution < 1.29 is 0 Å². The van der Waals surface area contributed by atoms with Crippen LogP contribution in [-0.4, -0.2) is 40.9 Å². The topological polar surface area (TPSA) is 50.2 Å². The molecule has 1 saturated heterocycles. The monoisotopic (exact) mass is 262 g/mol. The summed E-state index contributed by atoms with van der Waals surface area (Å²) < 4.78 is 1.57. The van der Waals surface area contributed by atoms with Crippen LogP contribution in [0.5, 0.6) is 0 Å². The van der Waals surface area contributed by atoms with Crippen LogP contribution in [0.4, 0.5) is 5.69 Å². The van der Waals surface area contributed by atoms with Gasteiger partial charge in [0, 0.05) is 19.2 Å².